The molecule has 0 radical (unpaired) electrons. The quantitative estimate of drug-likeness (QED) is 0.317. The van der Waals surface area contributed by atoms with E-state index in [9.17, 15) is 9.50 Å². The Kier molecular flexibility index (Phi) is 7.46. The van der Waals surface area contributed by atoms with Crippen LogP contribution in [0.1, 0.15) is 56.5 Å². The minimum atomic E-state index is -1.98. The van der Waals surface area contributed by atoms with Crippen molar-refractivity contribution in [2.45, 2.75) is 63.8 Å². The Balaban J connectivity index is 1.52. The van der Waals surface area contributed by atoms with Gasteiger partial charge in [0.25, 0.3) is 0 Å². The fourth-order valence-electron chi connectivity index (χ4n) is 5.91. The fraction of sp³-hybridized carbons (Fsp3) is 0.517. The van der Waals surface area contributed by atoms with E-state index in [2.05, 4.69) is 22.1 Å². The third-order valence-electron chi connectivity index (χ3n) is 7.92. The Bertz CT molecular complexity index is 1280. The molecule has 0 unspecified atom stereocenters. The van der Waals surface area contributed by atoms with Crippen LogP contribution < -0.4 is 5.32 Å². The summed E-state index contributed by atoms with van der Waals surface area (Å²) in [6, 6.07) is 5.76. The molecule has 9 heteroatoms. The molecule has 3 heterocycles. The lowest BCUT2D eigenvalue weighted by Crippen LogP contribution is -2.54. The number of aliphatic hydroxyl groups excluding tert-OH is 1. The SMILES string of the molecule is CCCCN1CC(Nc2cc(F)c([C@@H]3c4[nH]c5ccc(F)cc5c4C[C@@H](C)N3C[C@@](C)(F)CO)c(F)c2)C1. The highest BCUT2D eigenvalue weighted by molar-refractivity contribution is 5.85. The molecule has 2 aliphatic heterocycles. The summed E-state index contributed by atoms with van der Waals surface area (Å²) in [6.45, 7) is 6.98. The molecule has 5 nitrogen and oxygen atoms in total. The number of aromatic nitrogens is 1. The molecule has 1 aromatic heterocycles. The number of aliphatic hydroxyl groups is 1. The van der Waals surface area contributed by atoms with E-state index < -0.39 is 35.8 Å². The highest BCUT2D eigenvalue weighted by atomic mass is 19.1. The van der Waals surface area contributed by atoms with E-state index in [1.165, 1.54) is 31.2 Å². The van der Waals surface area contributed by atoms with Gasteiger partial charge in [-0.05, 0) is 69.1 Å². The predicted octanol–water partition coefficient (Wildman–Crippen LogP) is 5.54. The third kappa shape index (κ3) is 5.16. The highest BCUT2D eigenvalue weighted by Gasteiger charge is 2.42. The van der Waals surface area contributed by atoms with Gasteiger partial charge in [-0.3, -0.25) is 9.80 Å². The van der Waals surface area contributed by atoms with Crippen LogP contribution in [-0.2, 0) is 6.42 Å². The average Bonchev–Trinajstić information content (AvgIpc) is 3.18. The first-order valence-corrected chi connectivity index (χ1v) is 13.4. The molecule has 0 aliphatic carbocycles. The van der Waals surface area contributed by atoms with Crippen LogP contribution >= 0.6 is 0 Å². The van der Waals surface area contributed by atoms with Crippen molar-refractivity contribution < 1.29 is 22.7 Å². The second-order valence-electron chi connectivity index (χ2n) is 11.2. The summed E-state index contributed by atoms with van der Waals surface area (Å²) in [7, 11) is 0. The molecule has 3 N–H and O–H groups in total. The molecular weight excluding hydrogens is 496 g/mol. The van der Waals surface area contributed by atoms with Gasteiger partial charge in [0, 0.05) is 53.5 Å². The number of likely N-dealkylation sites (tertiary alicyclic amines) is 1. The minimum Gasteiger partial charge on any atom is -0.393 e. The molecule has 3 atom stereocenters. The number of nitrogens with one attached hydrogen (secondary N) is 2. The van der Waals surface area contributed by atoms with Crippen LogP contribution in [0.25, 0.3) is 10.9 Å². The zero-order valence-electron chi connectivity index (χ0n) is 22.1. The van der Waals surface area contributed by atoms with Gasteiger partial charge in [0.1, 0.15) is 23.1 Å². The van der Waals surface area contributed by atoms with E-state index >= 15 is 13.2 Å². The summed E-state index contributed by atoms with van der Waals surface area (Å²) in [5.41, 5.74) is 0.121. The second-order valence-corrected chi connectivity index (χ2v) is 11.2. The number of anilines is 1. The van der Waals surface area contributed by atoms with Crippen LogP contribution in [0, 0.1) is 17.5 Å². The Labute approximate surface area is 220 Å². The van der Waals surface area contributed by atoms with E-state index in [0.29, 0.717) is 28.7 Å². The maximum Gasteiger partial charge on any atom is 0.143 e. The Morgan fingerprint density at radius 3 is 2.50 bits per heavy atom. The summed E-state index contributed by atoms with van der Waals surface area (Å²) in [6.07, 6.45) is 2.68. The molecule has 0 amide bonds. The van der Waals surface area contributed by atoms with Crippen LogP contribution in [-0.4, -0.2) is 70.4 Å². The Morgan fingerprint density at radius 2 is 1.84 bits per heavy atom. The lowest BCUT2D eigenvalue weighted by Gasteiger charge is -2.43. The molecule has 5 rings (SSSR count). The van der Waals surface area contributed by atoms with Gasteiger partial charge in [0.15, 0.2) is 0 Å². The smallest absolute Gasteiger partial charge is 0.143 e. The summed E-state index contributed by atoms with van der Waals surface area (Å²) in [5, 5.41) is 13.5. The van der Waals surface area contributed by atoms with Crippen LogP contribution in [0.2, 0.25) is 0 Å². The van der Waals surface area contributed by atoms with E-state index in [1.54, 1.807) is 11.0 Å². The topological polar surface area (TPSA) is 54.5 Å². The van der Waals surface area contributed by atoms with Crippen molar-refractivity contribution in [3.63, 3.8) is 0 Å². The van der Waals surface area contributed by atoms with Gasteiger partial charge in [0.05, 0.1) is 18.7 Å². The van der Waals surface area contributed by atoms with Gasteiger partial charge in [0.2, 0.25) is 0 Å². The molecule has 2 aliphatic rings. The van der Waals surface area contributed by atoms with E-state index in [-0.39, 0.29) is 24.2 Å². The predicted molar refractivity (Wildman–Crippen MR) is 142 cm³/mol. The van der Waals surface area contributed by atoms with Crippen molar-refractivity contribution in [3.8, 4) is 0 Å². The molecule has 2 aromatic carbocycles. The molecule has 1 saturated heterocycles. The number of benzene rings is 2. The minimum absolute atomic E-state index is 0.120. The van der Waals surface area contributed by atoms with Crippen molar-refractivity contribution in [3.05, 3.63) is 64.6 Å². The number of hydrogen-bond donors (Lipinski definition) is 3. The maximum absolute atomic E-state index is 15.8. The molecule has 0 bridgehead atoms. The molecule has 206 valence electrons. The van der Waals surface area contributed by atoms with Gasteiger partial charge in [-0.1, -0.05) is 13.3 Å². The lowest BCUT2D eigenvalue weighted by molar-refractivity contribution is 0.0162. The molecule has 38 heavy (non-hydrogen) atoms. The zero-order valence-corrected chi connectivity index (χ0v) is 22.1. The fourth-order valence-corrected chi connectivity index (χ4v) is 5.91. The first-order chi connectivity index (χ1) is 18.1. The van der Waals surface area contributed by atoms with Crippen molar-refractivity contribution >= 4 is 16.6 Å². The average molecular weight is 533 g/mol. The molecule has 0 spiro atoms. The number of halogens is 4. The van der Waals surface area contributed by atoms with Crippen LogP contribution in [0.5, 0.6) is 0 Å². The summed E-state index contributed by atoms with van der Waals surface area (Å²) in [4.78, 5) is 7.23. The van der Waals surface area contributed by atoms with Crippen molar-refractivity contribution in [2.24, 2.45) is 0 Å². The normalized spacial score (nSPS) is 22.3. The summed E-state index contributed by atoms with van der Waals surface area (Å²) in [5.74, 6) is -1.88. The third-order valence-corrected chi connectivity index (χ3v) is 7.92. The van der Waals surface area contributed by atoms with Crippen molar-refractivity contribution in [2.75, 3.05) is 38.1 Å². The van der Waals surface area contributed by atoms with Crippen molar-refractivity contribution in [1.29, 1.82) is 0 Å². The molecule has 3 aromatic rings. The van der Waals surface area contributed by atoms with Gasteiger partial charge < -0.3 is 15.4 Å². The Morgan fingerprint density at radius 1 is 1.13 bits per heavy atom. The van der Waals surface area contributed by atoms with E-state index in [4.69, 9.17) is 0 Å². The first kappa shape index (κ1) is 27.0. The second kappa shape index (κ2) is 10.5. The molecule has 1 fully saturated rings. The number of nitrogens with zero attached hydrogens (tertiary/aromatic N) is 2. The number of rotatable bonds is 9. The number of unbranched alkanes of at least 4 members (excludes halogenated alkanes) is 1. The monoisotopic (exact) mass is 532 g/mol. The van der Waals surface area contributed by atoms with Gasteiger partial charge >= 0.3 is 0 Å². The van der Waals surface area contributed by atoms with Gasteiger partial charge in [-0.2, -0.15) is 0 Å². The van der Waals surface area contributed by atoms with E-state index in [0.717, 1.165) is 38.0 Å². The van der Waals surface area contributed by atoms with Crippen molar-refractivity contribution in [1.82, 2.24) is 14.8 Å². The summed E-state index contributed by atoms with van der Waals surface area (Å²) >= 11 is 0. The molecule has 0 saturated carbocycles. The number of H-pyrrole nitrogens is 1. The zero-order chi connectivity index (χ0) is 27.2. The lowest BCUT2D eigenvalue weighted by atomic mass is 9.87. The van der Waals surface area contributed by atoms with Gasteiger partial charge in [-0.15, -0.1) is 0 Å². The van der Waals surface area contributed by atoms with Crippen LogP contribution in [0.15, 0.2) is 30.3 Å². The molecular formula is C29H36F4N4O. The largest absolute Gasteiger partial charge is 0.393 e. The Hall–Kier alpha value is -2.62. The number of fused-ring (bicyclic) bond motifs is 3. The standard InChI is InChI=1S/C29H36F4N4O/c1-4-5-8-36-13-20(14-36)34-19-11-23(31)26(24(32)12-19)28-27-22(21-10-18(30)6-7-25(21)35-27)9-17(2)37(28)15-29(3,33)16-38/h6-7,10-12,17,20,28,34-35,38H,4-5,8-9,13-16H2,1-3H3/t17-,28-,29-/m1/s1. The van der Waals surface area contributed by atoms with Crippen LogP contribution in [0.4, 0.5) is 23.2 Å². The van der Waals surface area contributed by atoms with E-state index in [1.807, 2.05) is 6.92 Å². The highest BCUT2D eigenvalue weighted by Crippen LogP contribution is 2.43. The first-order valence-electron chi connectivity index (χ1n) is 13.4. The number of hydrogen-bond acceptors (Lipinski definition) is 4. The van der Waals surface area contributed by atoms with Crippen LogP contribution in [0.3, 0.4) is 0 Å². The maximum atomic E-state index is 15.8. The summed E-state index contributed by atoms with van der Waals surface area (Å²) < 4.78 is 60.8. The number of aromatic amines is 1. The number of alkyl halides is 1. The van der Waals surface area contributed by atoms with Gasteiger partial charge in [-0.25, -0.2) is 17.6 Å².